The number of hydrogen-bond donors (Lipinski definition) is 7. The Kier molecular flexibility index (Phi) is 8.63. The number of ketones is 2. The topological polar surface area (TPSA) is 170 Å². The van der Waals surface area contributed by atoms with Gasteiger partial charge in [0.1, 0.15) is 30.4 Å². The normalized spacial score (nSPS) is 18.2. The predicted molar refractivity (Wildman–Crippen MR) is 74.6 cm³/mol. The average Bonchev–Trinajstić information content (AvgIpc) is 2.47. The Morgan fingerprint density at radius 2 is 1.67 bits per heavy atom. The van der Waals surface area contributed by atoms with Crippen LogP contribution < -0.4 is 11.1 Å². The Morgan fingerprint density at radius 1 is 1.14 bits per heavy atom. The number of rotatable bonds is 9. The van der Waals surface area contributed by atoms with Gasteiger partial charge in [-0.25, -0.2) is 0 Å². The molecule has 0 radical (unpaired) electrons. The zero-order chi connectivity index (χ0) is 16.7. The largest absolute Gasteiger partial charge is 0.394 e. The van der Waals surface area contributed by atoms with Crippen LogP contribution >= 0.6 is 12.6 Å². The molecule has 0 heterocycles. The Hall–Kier alpha value is -1.04. The number of nitrogens with two attached hydrogens (primary N) is 1. The van der Waals surface area contributed by atoms with Crippen molar-refractivity contribution >= 4 is 30.1 Å². The van der Waals surface area contributed by atoms with Crippen LogP contribution in [0.15, 0.2) is 0 Å². The van der Waals surface area contributed by atoms with E-state index in [9.17, 15) is 24.6 Å². The van der Waals surface area contributed by atoms with Crippen molar-refractivity contribution in [1.82, 2.24) is 5.32 Å². The van der Waals surface area contributed by atoms with Gasteiger partial charge in [0.2, 0.25) is 17.5 Å². The molecule has 122 valence electrons. The van der Waals surface area contributed by atoms with Gasteiger partial charge in [-0.3, -0.25) is 14.4 Å². The van der Waals surface area contributed by atoms with E-state index in [1.807, 2.05) is 0 Å². The maximum absolute atomic E-state index is 11.8. The zero-order valence-electron chi connectivity index (χ0n) is 11.3. The minimum Gasteiger partial charge on any atom is -0.394 e. The third-order valence-corrected chi connectivity index (χ3v) is 3.09. The molecule has 0 saturated carbocycles. The second-order valence-electron chi connectivity index (χ2n) is 4.42. The fourth-order valence-electron chi connectivity index (χ4n) is 1.48. The van der Waals surface area contributed by atoms with Gasteiger partial charge < -0.3 is 31.5 Å². The van der Waals surface area contributed by atoms with Crippen molar-refractivity contribution in [1.29, 1.82) is 0 Å². The van der Waals surface area contributed by atoms with Gasteiger partial charge in [-0.05, 0) is 0 Å². The molecular weight excluding hydrogens is 304 g/mol. The molecule has 0 aliphatic rings. The molecule has 0 bridgehead atoms. The van der Waals surface area contributed by atoms with Crippen molar-refractivity contribution < 1.29 is 34.8 Å². The first-order valence-corrected chi connectivity index (χ1v) is 6.67. The van der Waals surface area contributed by atoms with E-state index in [1.165, 1.54) is 0 Å². The number of thiol groups is 1. The lowest BCUT2D eigenvalue weighted by Gasteiger charge is -2.26. The number of carbonyl (C=O) groups excluding carboxylic acids is 3. The Morgan fingerprint density at radius 3 is 2.05 bits per heavy atom. The quantitative estimate of drug-likeness (QED) is 0.166. The van der Waals surface area contributed by atoms with E-state index in [0.29, 0.717) is 0 Å². The summed E-state index contributed by atoms with van der Waals surface area (Å²) in [7, 11) is 0. The summed E-state index contributed by atoms with van der Waals surface area (Å²) in [6.45, 7) is 0.280. The van der Waals surface area contributed by atoms with Gasteiger partial charge in [0.15, 0.2) is 0 Å². The van der Waals surface area contributed by atoms with Crippen molar-refractivity contribution in [2.75, 3.05) is 12.4 Å². The number of Topliss-reactive ketones (excluding diaryl/α,β-unsaturated/α-hetero) is 2. The second kappa shape index (κ2) is 9.07. The maximum atomic E-state index is 11.8. The average molecular weight is 324 g/mol. The Balaban J connectivity index is 4.89. The SMILES string of the molecule is CC(=O)N[C@@H](CS)C(=O)C(=O)[C@H](N)[C@@H](O)[C@H](O)[C@H](O)CO. The van der Waals surface area contributed by atoms with Gasteiger partial charge in [0.25, 0.3) is 0 Å². The van der Waals surface area contributed by atoms with E-state index >= 15 is 0 Å². The number of carbonyl (C=O) groups is 3. The third-order valence-electron chi connectivity index (χ3n) is 2.72. The minimum atomic E-state index is -1.96. The molecule has 0 aromatic heterocycles. The molecule has 5 atom stereocenters. The van der Waals surface area contributed by atoms with Crippen LogP contribution in [0.4, 0.5) is 0 Å². The summed E-state index contributed by atoms with van der Waals surface area (Å²) in [5, 5.41) is 39.0. The lowest BCUT2D eigenvalue weighted by atomic mass is 9.95. The molecule has 1 amide bonds. The highest BCUT2D eigenvalue weighted by atomic mass is 32.1. The first-order chi connectivity index (χ1) is 9.67. The van der Waals surface area contributed by atoms with Crippen LogP contribution in [0, 0.1) is 0 Å². The number of amides is 1. The molecular formula is C11H20N2O7S. The second-order valence-corrected chi connectivity index (χ2v) is 4.79. The molecule has 0 aromatic carbocycles. The molecule has 0 aliphatic carbocycles. The molecule has 9 nitrogen and oxygen atoms in total. The summed E-state index contributed by atoms with van der Waals surface area (Å²) in [6, 6.07) is -3.03. The lowest BCUT2D eigenvalue weighted by molar-refractivity contribution is -0.143. The Labute approximate surface area is 126 Å². The fourth-order valence-corrected chi connectivity index (χ4v) is 1.74. The highest BCUT2D eigenvalue weighted by Crippen LogP contribution is 2.06. The van der Waals surface area contributed by atoms with Gasteiger partial charge in [-0.2, -0.15) is 12.6 Å². The maximum Gasteiger partial charge on any atom is 0.223 e. The van der Waals surface area contributed by atoms with Crippen molar-refractivity contribution in [3.05, 3.63) is 0 Å². The molecule has 0 rings (SSSR count). The van der Waals surface area contributed by atoms with E-state index in [2.05, 4.69) is 17.9 Å². The number of hydrogen-bond acceptors (Lipinski definition) is 9. The van der Waals surface area contributed by atoms with E-state index < -0.39 is 54.5 Å². The Bertz CT molecular complexity index is 393. The monoisotopic (exact) mass is 324 g/mol. The lowest BCUT2D eigenvalue weighted by Crippen LogP contribution is -2.57. The van der Waals surface area contributed by atoms with Gasteiger partial charge in [0, 0.05) is 12.7 Å². The number of aliphatic hydroxyl groups excluding tert-OH is 4. The smallest absolute Gasteiger partial charge is 0.223 e. The minimum absolute atomic E-state index is 0.158. The predicted octanol–water partition coefficient (Wildman–Crippen LogP) is -4.04. The van der Waals surface area contributed by atoms with Crippen LogP contribution in [-0.4, -0.2) is 80.7 Å². The van der Waals surface area contributed by atoms with Gasteiger partial charge in [-0.1, -0.05) is 0 Å². The molecule has 0 unspecified atom stereocenters. The molecule has 10 heteroatoms. The summed E-state index contributed by atoms with van der Waals surface area (Å²) in [5.74, 6) is -3.04. The van der Waals surface area contributed by atoms with Crippen molar-refractivity contribution in [3.8, 4) is 0 Å². The first kappa shape index (κ1) is 20.0. The fraction of sp³-hybridized carbons (Fsp3) is 0.727. The van der Waals surface area contributed by atoms with E-state index in [-0.39, 0.29) is 5.75 Å². The van der Waals surface area contributed by atoms with E-state index in [4.69, 9.17) is 15.9 Å². The highest BCUT2D eigenvalue weighted by molar-refractivity contribution is 7.80. The van der Waals surface area contributed by atoms with Crippen LogP contribution in [0.25, 0.3) is 0 Å². The molecule has 21 heavy (non-hydrogen) atoms. The third kappa shape index (κ3) is 5.69. The highest BCUT2D eigenvalue weighted by Gasteiger charge is 2.37. The van der Waals surface area contributed by atoms with Crippen molar-refractivity contribution in [3.63, 3.8) is 0 Å². The first-order valence-electron chi connectivity index (χ1n) is 6.04. The summed E-state index contributed by atoms with van der Waals surface area (Å²) in [5.41, 5.74) is 5.37. The number of aliphatic hydroxyl groups is 4. The van der Waals surface area contributed by atoms with Crippen molar-refractivity contribution in [2.45, 2.75) is 37.3 Å². The summed E-state index contributed by atoms with van der Waals surface area (Å²) in [4.78, 5) is 34.5. The van der Waals surface area contributed by atoms with E-state index in [1.54, 1.807) is 0 Å². The van der Waals surface area contributed by atoms with Crippen LogP contribution in [-0.2, 0) is 14.4 Å². The van der Waals surface area contributed by atoms with Gasteiger partial charge >= 0.3 is 0 Å². The van der Waals surface area contributed by atoms with E-state index in [0.717, 1.165) is 6.92 Å². The summed E-state index contributed by atoms with van der Waals surface area (Å²) >= 11 is 3.82. The van der Waals surface area contributed by atoms with Crippen LogP contribution in [0.1, 0.15) is 6.92 Å². The van der Waals surface area contributed by atoms with Gasteiger partial charge in [-0.15, -0.1) is 0 Å². The number of nitrogens with one attached hydrogen (secondary N) is 1. The summed E-state index contributed by atoms with van der Waals surface area (Å²) < 4.78 is 0. The summed E-state index contributed by atoms with van der Waals surface area (Å²) in [6.07, 6.45) is -5.58. The molecule has 0 spiro atoms. The van der Waals surface area contributed by atoms with Crippen LogP contribution in [0.5, 0.6) is 0 Å². The molecule has 0 aliphatic heterocycles. The van der Waals surface area contributed by atoms with Crippen molar-refractivity contribution in [2.24, 2.45) is 5.73 Å². The standard InChI is InChI=1S/C11H20N2O7S/c1-4(15)13-5(3-21)8(17)10(19)7(12)11(20)9(18)6(16)2-14/h5-7,9,11,14,16,18,20-21H,2-3,12H2,1H3,(H,13,15)/t5-,6+,7-,9+,11+/m0/s1. The molecule has 0 aromatic rings. The van der Waals surface area contributed by atoms with Crippen LogP contribution in [0.2, 0.25) is 0 Å². The van der Waals surface area contributed by atoms with Gasteiger partial charge in [0.05, 0.1) is 6.61 Å². The molecule has 7 N–H and O–H groups in total. The molecule has 0 fully saturated rings. The van der Waals surface area contributed by atoms with Crippen LogP contribution in [0.3, 0.4) is 0 Å². The molecule has 0 saturated heterocycles. The zero-order valence-corrected chi connectivity index (χ0v) is 12.2.